The summed E-state index contributed by atoms with van der Waals surface area (Å²) in [5.41, 5.74) is 5.70. The molecule has 2 rings (SSSR count). The van der Waals surface area contributed by atoms with Crippen LogP contribution in [0.15, 0.2) is 30.3 Å². The standard InChI is InChI=1S/C17H19ClN2O4.ClH/c1-22-14-6-10(7-15(23-2)16(14)24-3)9-20-17(21)12-8-11(18)4-5-13(12)19;/h4-8H,9,19H2,1-3H3,(H,20,21);1H. The topological polar surface area (TPSA) is 84.4 Å². The Balaban J connectivity index is 0.00000312. The van der Waals surface area contributed by atoms with Gasteiger partial charge in [0.15, 0.2) is 11.5 Å². The molecule has 0 fully saturated rings. The third kappa shape index (κ3) is 4.92. The van der Waals surface area contributed by atoms with Gasteiger partial charge in [0, 0.05) is 17.6 Å². The number of nitrogens with one attached hydrogen (secondary N) is 1. The molecular formula is C17H20Cl2N2O4. The average molecular weight is 387 g/mol. The molecular weight excluding hydrogens is 367 g/mol. The second-order valence-corrected chi connectivity index (χ2v) is 5.45. The summed E-state index contributed by atoms with van der Waals surface area (Å²) in [5.74, 6) is 1.31. The molecule has 0 unspecified atom stereocenters. The number of methoxy groups -OCH3 is 3. The highest BCUT2D eigenvalue weighted by atomic mass is 35.5. The smallest absolute Gasteiger partial charge is 0.257 e. The Morgan fingerprint density at radius 3 is 2.20 bits per heavy atom. The maximum atomic E-state index is 12.3. The van der Waals surface area contributed by atoms with Crippen LogP contribution >= 0.6 is 11.6 Å². The third-order valence-corrected chi connectivity index (χ3v) is 3.73. The predicted octanol–water partition coefficient (Wildman–Crippen LogP) is -0.827. The van der Waals surface area contributed by atoms with Crippen molar-refractivity contribution < 1.29 is 37.1 Å². The maximum absolute atomic E-state index is 12.3. The fourth-order valence-corrected chi connectivity index (χ4v) is 2.45. The quantitative estimate of drug-likeness (QED) is 0.678. The summed E-state index contributed by atoms with van der Waals surface area (Å²) in [6.45, 7) is 0.293. The van der Waals surface area contributed by atoms with Crippen LogP contribution in [0.2, 0.25) is 5.02 Å². The summed E-state index contributed by atoms with van der Waals surface area (Å²) in [5, 5.41) is 3.32. The molecule has 2 aromatic rings. The summed E-state index contributed by atoms with van der Waals surface area (Å²) >= 11 is 5.94. The molecule has 0 spiro atoms. The van der Waals surface area contributed by atoms with Gasteiger partial charge in [-0.25, -0.2) is 0 Å². The van der Waals surface area contributed by atoms with Crippen molar-refractivity contribution in [1.82, 2.24) is 5.32 Å². The zero-order valence-corrected chi connectivity index (χ0v) is 15.7. The van der Waals surface area contributed by atoms with Crippen molar-refractivity contribution in [2.45, 2.75) is 6.54 Å². The number of rotatable bonds is 6. The number of hydrogen-bond acceptors (Lipinski definition) is 4. The molecule has 0 aliphatic heterocycles. The Bertz CT molecular complexity index is 728. The number of hydrogen-bond donors (Lipinski definition) is 2. The molecule has 8 heteroatoms. The minimum Gasteiger partial charge on any atom is -1.00 e. The van der Waals surface area contributed by atoms with Crippen LogP contribution in [0.1, 0.15) is 15.9 Å². The fraction of sp³-hybridized carbons (Fsp3) is 0.235. The minimum atomic E-state index is -0.253. The highest BCUT2D eigenvalue weighted by molar-refractivity contribution is 6.31. The van der Waals surface area contributed by atoms with Crippen molar-refractivity contribution in [3.63, 3.8) is 0 Å². The monoisotopic (exact) mass is 386 g/mol. The lowest BCUT2D eigenvalue weighted by Gasteiger charge is -2.14. The van der Waals surface area contributed by atoms with Crippen molar-refractivity contribution >= 4 is 23.2 Å². The average Bonchev–Trinajstić information content (AvgIpc) is 2.60. The van der Waals surface area contributed by atoms with E-state index in [-0.39, 0.29) is 18.3 Å². The van der Waals surface area contributed by atoms with Crippen molar-refractivity contribution in [3.8, 4) is 17.2 Å². The second-order valence-electron chi connectivity index (χ2n) is 5.02. The normalized spacial score (nSPS) is 9.80. The van der Waals surface area contributed by atoms with Crippen LogP contribution in [0.25, 0.3) is 0 Å². The van der Waals surface area contributed by atoms with E-state index in [0.29, 0.717) is 40.1 Å². The van der Waals surface area contributed by atoms with Crippen LogP contribution in [0.4, 0.5) is 5.69 Å². The second kappa shape index (κ2) is 9.36. The van der Waals surface area contributed by atoms with Gasteiger partial charge < -0.3 is 37.7 Å². The first-order chi connectivity index (χ1) is 11.5. The van der Waals surface area contributed by atoms with E-state index >= 15 is 0 Å². The summed E-state index contributed by atoms with van der Waals surface area (Å²) in [6.07, 6.45) is 0. The van der Waals surface area contributed by atoms with Crippen molar-refractivity contribution in [1.29, 1.82) is 0 Å². The summed E-state index contributed by atoms with van der Waals surface area (Å²) in [6, 6.07) is 8.56. The van der Waals surface area contributed by atoms with Crippen LogP contribution in [-0.2, 0) is 6.54 Å². The Morgan fingerprint density at radius 1 is 1.08 bits per heavy atom. The largest absolute Gasteiger partial charge is 1.00 e. The van der Waals surface area contributed by atoms with Crippen LogP contribution in [-0.4, -0.2) is 27.2 Å². The van der Waals surface area contributed by atoms with Crippen LogP contribution < -0.4 is 37.7 Å². The summed E-state index contributed by atoms with van der Waals surface area (Å²) in [7, 11) is 4.62. The first kappa shape index (κ1) is 20.9. The van der Waals surface area contributed by atoms with Gasteiger partial charge in [0.1, 0.15) is 11.3 Å². The number of halogens is 2. The van der Waals surface area contributed by atoms with E-state index < -0.39 is 0 Å². The molecule has 0 aliphatic carbocycles. The molecule has 6 nitrogen and oxygen atoms in total. The van der Waals surface area contributed by atoms with E-state index in [2.05, 4.69) is 11.1 Å². The zero-order chi connectivity index (χ0) is 17.7. The first-order valence-electron chi connectivity index (χ1n) is 7.18. The Morgan fingerprint density at radius 2 is 1.68 bits per heavy atom. The number of amides is 1. The number of carbonyl (C=O) groups excluding carboxylic acids is 1. The molecule has 0 saturated carbocycles. The molecule has 2 aromatic carbocycles. The van der Waals surface area contributed by atoms with Gasteiger partial charge in [-0.05, 0) is 29.8 Å². The van der Waals surface area contributed by atoms with E-state index in [4.69, 9.17) is 25.8 Å². The Labute approximate surface area is 157 Å². The van der Waals surface area contributed by atoms with Gasteiger partial charge >= 0.3 is 0 Å². The molecule has 25 heavy (non-hydrogen) atoms. The van der Waals surface area contributed by atoms with Gasteiger partial charge in [-0.2, -0.15) is 0 Å². The van der Waals surface area contributed by atoms with E-state index in [1.807, 2.05) is 0 Å². The molecule has 0 bridgehead atoms. The van der Waals surface area contributed by atoms with E-state index in [1.165, 1.54) is 7.11 Å². The number of carbonyl (C=O) groups is 1. The third-order valence-electron chi connectivity index (χ3n) is 3.49. The van der Waals surface area contributed by atoms with E-state index in [0.717, 1.165) is 5.56 Å². The Kier molecular flexibility index (Phi) is 7.83. The SMILES string of the molecule is COc1cc(CNC(=O)c2cc(Cl)ccc2[NH3+])cc(OC)c1OC.[Cl-]. The van der Waals surface area contributed by atoms with Gasteiger partial charge in [-0.1, -0.05) is 11.6 Å². The lowest BCUT2D eigenvalue weighted by atomic mass is 10.1. The summed E-state index contributed by atoms with van der Waals surface area (Å²) < 4.78 is 15.9. The van der Waals surface area contributed by atoms with Gasteiger partial charge in [-0.15, -0.1) is 0 Å². The van der Waals surface area contributed by atoms with Crippen LogP contribution in [0, 0.1) is 0 Å². The highest BCUT2D eigenvalue weighted by Gasteiger charge is 2.15. The molecule has 4 N–H and O–H groups in total. The summed E-state index contributed by atoms with van der Waals surface area (Å²) in [4.78, 5) is 12.3. The number of ether oxygens (including phenoxy) is 3. The highest BCUT2D eigenvalue weighted by Crippen LogP contribution is 2.38. The van der Waals surface area contributed by atoms with Gasteiger partial charge in [-0.3, -0.25) is 4.79 Å². The maximum Gasteiger partial charge on any atom is 0.257 e. The van der Waals surface area contributed by atoms with E-state index in [1.54, 1.807) is 44.6 Å². The van der Waals surface area contributed by atoms with Crippen LogP contribution in [0.3, 0.4) is 0 Å². The minimum absolute atomic E-state index is 0. The molecule has 136 valence electrons. The lowest BCUT2D eigenvalue weighted by Crippen LogP contribution is -3.00. The molecule has 0 atom stereocenters. The predicted molar refractivity (Wildman–Crippen MR) is 91.3 cm³/mol. The van der Waals surface area contributed by atoms with Gasteiger partial charge in [0.25, 0.3) is 5.91 Å². The Hall–Kier alpha value is -2.15. The molecule has 0 saturated heterocycles. The van der Waals surface area contributed by atoms with Crippen molar-refractivity contribution in [3.05, 3.63) is 46.5 Å². The molecule has 0 aromatic heterocycles. The number of benzene rings is 2. The molecule has 0 aliphatic rings. The zero-order valence-electron chi connectivity index (χ0n) is 14.2. The molecule has 0 heterocycles. The fourth-order valence-electron chi connectivity index (χ4n) is 2.28. The van der Waals surface area contributed by atoms with Gasteiger partial charge in [0.2, 0.25) is 5.75 Å². The van der Waals surface area contributed by atoms with Gasteiger partial charge in [0.05, 0.1) is 21.3 Å². The van der Waals surface area contributed by atoms with Crippen molar-refractivity contribution in [2.75, 3.05) is 21.3 Å². The van der Waals surface area contributed by atoms with E-state index in [9.17, 15) is 4.79 Å². The molecule has 1 amide bonds. The first-order valence-corrected chi connectivity index (χ1v) is 7.56. The molecule has 0 radical (unpaired) electrons. The lowest BCUT2D eigenvalue weighted by molar-refractivity contribution is -0.255. The number of quaternary nitrogens is 1. The van der Waals surface area contributed by atoms with Crippen LogP contribution in [0.5, 0.6) is 17.2 Å². The van der Waals surface area contributed by atoms with Crippen molar-refractivity contribution in [2.24, 2.45) is 0 Å².